The number of fused-ring (bicyclic) bond motifs is 3. The maximum Gasteiger partial charge on any atom is 0.260 e. The molecule has 3 heterocycles. The zero-order valence-corrected chi connectivity index (χ0v) is 21.1. The quantitative estimate of drug-likeness (QED) is 0.345. The van der Waals surface area contributed by atoms with Crippen LogP contribution >= 0.6 is 0 Å². The molecule has 4 atom stereocenters. The largest absolute Gasteiger partial charge is 0.504 e. The number of amides is 2. The summed E-state index contributed by atoms with van der Waals surface area (Å²) in [5, 5.41) is 14.0. The van der Waals surface area contributed by atoms with Gasteiger partial charge in [0.2, 0.25) is 5.91 Å². The van der Waals surface area contributed by atoms with Crippen molar-refractivity contribution >= 4 is 28.7 Å². The van der Waals surface area contributed by atoms with Crippen LogP contribution in [0, 0.1) is 17.8 Å². The smallest absolute Gasteiger partial charge is 0.260 e. The number of nitrogens with one attached hydrogen (secondary N) is 2. The number of anilines is 1. The Bertz CT molecular complexity index is 1410. The maximum absolute atomic E-state index is 12.6. The minimum Gasteiger partial charge on any atom is -0.504 e. The molecule has 2 bridgehead atoms. The third-order valence-electron chi connectivity index (χ3n) is 7.92. The van der Waals surface area contributed by atoms with Crippen LogP contribution in [0.5, 0.6) is 11.5 Å². The molecule has 1 aromatic carbocycles. The molecule has 2 fully saturated rings. The number of piperazine rings is 1. The number of aromatic nitrogens is 3. The summed E-state index contributed by atoms with van der Waals surface area (Å²) in [4.78, 5) is 40.9. The summed E-state index contributed by atoms with van der Waals surface area (Å²) < 4.78 is 5.81. The van der Waals surface area contributed by atoms with E-state index in [1.54, 1.807) is 6.07 Å². The normalized spacial score (nSPS) is 24.7. The first-order valence-corrected chi connectivity index (χ1v) is 12.9. The van der Waals surface area contributed by atoms with Crippen molar-refractivity contribution in [3.8, 4) is 22.9 Å². The Morgan fingerprint density at radius 1 is 1.21 bits per heavy atom. The highest BCUT2D eigenvalue weighted by Crippen LogP contribution is 2.46. The average Bonchev–Trinajstić information content (AvgIpc) is 3.64. The molecule has 3 aromatic rings. The first kappa shape index (κ1) is 24.2. The summed E-state index contributed by atoms with van der Waals surface area (Å²) in [6, 6.07) is 7.10. The molecular formula is C27H31N7O4. The van der Waals surface area contributed by atoms with E-state index < -0.39 is 0 Å². The van der Waals surface area contributed by atoms with Crippen molar-refractivity contribution in [3.05, 3.63) is 42.6 Å². The van der Waals surface area contributed by atoms with Gasteiger partial charge in [-0.05, 0) is 37.4 Å². The SMILES string of the molecule is CN1CCN(C(=O)COc2cccc(-c3nc4ncc(O)c(NC5C6C=CC(C6)C5C(N)=O)c4[nH]3)c2)CC1. The minimum atomic E-state index is -0.350. The first-order valence-electron chi connectivity index (χ1n) is 12.9. The molecule has 1 saturated heterocycles. The van der Waals surface area contributed by atoms with Gasteiger partial charge in [-0.3, -0.25) is 9.59 Å². The molecule has 2 aliphatic carbocycles. The number of rotatable bonds is 7. The van der Waals surface area contributed by atoms with Gasteiger partial charge in [-0.15, -0.1) is 0 Å². The molecule has 2 aromatic heterocycles. The molecule has 3 aliphatic rings. The maximum atomic E-state index is 12.6. The second kappa shape index (κ2) is 9.64. The van der Waals surface area contributed by atoms with Gasteiger partial charge < -0.3 is 35.7 Å². The lowest BCUT2D eigenvalue weighted by Crippen LogP contribution is -2.48. The van der Waals surface area contributed by atoms with Gasteiger partial charge >= 0.3 is 0 Å². The van der Waals surface area contributed by atoms with E-state index in [1.165, 1.54) is 6.20 Å². The van der Waals surface area contributed by atoms with Gasteiger partial charge in [0.05, 0.1) is 12.1 Å². The summed E-state index contributed by atoms with van der Waals surface area (Å²) in [5.41, 5.74) is 7.86. The van der Waals surface area contributed by atoms with E-state index in [0.717, 1.165) is 25.1 Å². The third kappa shape index (κ3) is 4.43. The second-order valence-electron chi connectivity index (χ2n) is 10.3. The molecule has 2 amide bonds. The van der Waals surface area contributed by atoms with Crippen LogP contribution in [0.3, 0.4) is 0 Å². The van der Waals surface area contributed by atoms with Gasteiger partial charge in [0.1, 0.15) is 22.8 Å². The molecule has 6 rings (SSSR count). The number of benzene rings is 1. The molecule has 0 spiro atoms. The molecule has 1 aliphatic heterocycles. The number of likely N-dealkylation sites (N-methyl/N-ethyl adjacent to an activating group) is 1. The van der Waals surface area contributed by atoms with Gasteiger partial charge in [-0.1, -0.05) is 24.3 Å². The minimum absolute atomic E-state index is 0.0319. The summed E-state index contributed by atoms with van der Waals surface area (Å²) >= 11 is 0. The highest BCUT2D eigenvalue weighted by molar-refractivity contribution is 5.92. The van der Waals surface area contributed by atoms with Crippen LogP contribution in [0.2, 0.25) is 0 Å². The fourth-order valence-corrected chi connectivity index (χ4v) is 5.83. The van der Waals surface area contributed by atoms with Gasteiger partial charge in [0, 0.05) is 37.8 Å². The van der Waals surface area contributed by atoms with Gasteiger partial charge in [0.25, 0.3) is 5.91 Å². The number of imidazole rings is 1. The van der Waals surface area contributed by atoms with Crippen molar-refractivity contribution in [2.24, 2.45) is 23.5 Å². The molecule has 0 radical (unpaired) electrons. The Hall–Kier alpha value is -4.12. The van der Waals surface area contributed by atoms with Crippen molar-refractivity contribution in [1.82, 2.24) is 24.8 Å². The van der Waals surface area contributed by atoms with Crippen LogP contribution < -0.4 is 15.8 Å². The van der Waals surface area contributed by atoms with Gasteiger partial charge in [-0.25, -0.2) is 9.97 Å². The van der Waals surface area contributed by atoms with Crippen LogP contribution in [-0.2, 0) is 9.59 Å². The Morgan fingerprint density at radius 3 is 2.79 bits per heavy atom. The lowest BCUT2D eigenvalue weighted by Gasteiger charge is -2.32. The zero-order chi connectivity index (χ0) is 26.4. The Morgan fingerprint density at radius 2 is 2.00 bits per heavy atom. The molecule has 5 N–H and O–H groups in total. The van der Waals surface area contributed by atoms with Crippen molar-refractivity contribution < 1.29 is 19.4 Å². The number of H-pyrrole nitrogens is 1. The number of hydrogen-bond donors (Lipinski definition) is 4. The molecule has 11 nitrogen and oxygen atoms in total. The first-order chi connectivity index (χ1) is 18.4. The number of allylic oxidation sites excluding steroid dienone is 1. The van der Waals surface area contributed by atoms with Crippen LogP contribution in [-0.4, -0.2) is 87.5 Å². The predicted octanol–water partition coefficient (Wildman–Crippen LogP) is 1.57. The number of nitrogens with zero attached hydrogens (tertiary/aromatic N) is 4. The average molecular weight is 518 g/mol. The van der Waals surface area contributed by atoms with Crippen molar-refractivity contribution in [3.63, 3.8) is 0 Å². The highest BCUT2D eigenvalue weighted by Gasteiger charge is 2.47. The predicted molar refractivity (Wildman–Crippen MR) is 141 cm³/mol. The number of primary amides is 1. The van der Waals surface area contributed by atoms with E-state index in [9.17, 15) is 14.7 Å². The summed E-state index contributed by atoms with van der Waals surface area (Å²) in [6.45, 7) is 3.08. The number of hydrogen-bond acceptors (Lipinski definition) is 8. The third-order valence-corrected chi connectivity index (χ3v) is 7.92. The Balaban J connectivity index is 1.21. The van der Waals surface area contributed by atoms with E-state index >= 15 is 0 Å². The van der Waals surface area contributed by atoms with E-state index in [1.807, 2.05) is 30.1 Å². The summed E-state index contributed by atoms with van der Waals surface area (Å²) in [5.74, 6) is 0.584. The fraction of sp³-hybridized carbons (Fsp3) is 0.407. The van der Waals surface area contributed by atoms with E-state index in [4.69, 9.17) is 10.5 Å². The van der Waals surface area contributed by atoms with Crippen LogP contribution in [0.4, 0.5) is 5.69 Å². The summed E-state index contributed by atoms with van der Waals surface area (Å²) in [6.07, 6.45) is 6.37. The monoisotopic (exact) mass is 517 g/mol. The number of carbonyl (C=O) groups excluding carboxylic acids is 2. The number of aromatic amines is 1. The molecule has 38 heavy (non-hydrogen) atoms. The van der Waals surface area contributed by atoms with Crippen LogP contribution in [0.25, 0.3) is 22.6 Å². The second-order valence-corrected chi connectivity index (χ2v) is 10.3. The van der Waals surface area contributed by atoms with Crippen LogP contribution in [0.15, 0.2) is 42.6 Å². The van der Waals surface area contributed by atoms with Crippen molar-refractivity contribution in [1.29, 1.82) is 0 Å². The lowest BCUT2D eigenvalue weighted by molar-refractivity contribution is -0.135. The fourth-order valence-electron chi connectivity index (χ4n) is 5.83. The summed E-state index contributed by atoms with van der Waals surface area (Å²) in [7, 11) is 2.05. The van der Waals surface area contributed by atoms with Crippen LogP contribution in [0.1, 0.15) is 6.42 Å². The number of nitrogens with two attached hydrogens (primary N) is 1. The van der Waals surface area contributed by atoms with E-state index in [2.05, 4.69) is 37.3 Å². The van der Waals surface area contributed by atoms with E-state index in [-0.39, 0.29) is 48.0 Å². The number of carbonyl (C=O) groups is 2. The molecule has 4 unspecified atom stereocenters. The van der Waals surface area contributed by atoms with Crippen molar-refractivity contribution in [2.45, 2.75) is 12.5 Å². The topological polar surface area (TPSA) is 150 Å². The number of ether oxygens (including phenoxy) is 1. The highest BCUT2D eigenvalue weighted by atomic mass is 16.5. The molecule has 11 heteroatoms. The number of aromatic hydroxyl groups is 1. The van der Waals surface area contributed by atoms with Gasteiger partial charge in [0.15, 0.2) is 18.0 Å². The van der Waals surface area contributed by atoms with E-state index in [0.29, 0.717) is 41.5 Å². The Kier molecular flexibility index (Phi) is 6.15. The zero-order valence-electron chi connectivity index (χ0n) is 21.1. The van der Waals surface area contributed by atoms with Gasteiger partial charge in [-0.2, -0.15) is 0 Å². The Labute approximate surface area is 219 Å². The van der Waals surface area contributed by atoms with Crippen molar-refractivity contribution in [2.75, 3.05) is 45.2 Å². The molecule has 1 saturated carbocycles. The molecular weight excluding hydrogens is 486 g/mol. The lowest BCUT2D eigenvalue weighted by atomic mass is 9.88. The number of pyridine rings is 1. The standard InChI is InChI=1S/C27H31N7O4/c1-33-7-9-34(10-8-33)20(36)14-38-18-4-2-3-17(12-18)26-31-24-23(19(35)13-29-27(24)32-26)30-22-16-6-5-15(11-16)21(22)25(28)37/h2-6,12-13,15-16,21-22,35H,7-11,14H2,1H3,(H2,28,37)(H2,29,30,31,32). The molecule has 198 valence electrons.